The van der Waals surface area contributed by atoms with E-state index in [0.717, 1.165) is 36.8 Å². The molecule has 3 aliphatic carbocycles. The second-order valence-corrected chi connectivity index (χ2v) is 11.7. The van der Waals surface area contributed by atoms with Crippen LogP contribution in [0.5, 0.6) is 11.5 Å². The summed E-state index contributed by atoms with van der Waals surface area (Å²) >= 11 is 0. The lowest BCUT2D eigenvalue weighted by atomic mass is 9.48. The lowest BCUT2D eigenvalue weighted by Gasteiger charge is -2.69. The van der Waals surface area contributed by atoms with Crippen LogP contribution < -0.4 is 4.74 Å². The highest BCUT2D eigenvalue weighted by molar-refractivity contribution is 5.62. The molecule has 2 aromatic carbocycles. The number of phenols is 1. The first-order valence-electron chi connectivity index (χ1n) is 13.4. The normalized spacial score (nSPS) is 38.6. The first kappa shape index (κ1) is 22.1. The highest BCUT2D eigenvalue weighted by Crippen LogP contribution is 2.67. The summed E-state index contributed by atoms with van der Waals surface area (Å²) in [6, 6.07) is 13.9. The molecule has 0 amide bonds. The number of hydrogen-bond acceptors (Lipinski definition) is 5. The van der Waals surface area contributed by atoms with Gasteiger partial charge in [-0.25, -0.2) is 0 Å². The fraction of sp³-hybridized carbons (Fsp3) is 0.586. The van der Waals surface area contributed by atoms with Gasteiger partial charge in [-0.3, -0.25) is 0 Å². The molecule has 2 saturated carbocycles. The van der Waals surface area contributed by atoms with Crippen molar-refractivity contribution in [1.82, 2.24) is 0 Å². The molecule has 6 atom stereocenters. The van der Waals surface area contributed by atoms with Crippen LogP contribution in [0.15, 0.2) is 42.5 Å². The minimum atomic E-state index is -0.686. The summed E-state index contributed by atoms with van der Waals surface area (Å²) in [4.78, 5) is 0. The van der Waals surface area contributed by atoms with Crippen LogP contribution in [-0.4, -0.2) is 58.4 Å². The zero-order valence-corrected chi connectivity index (χ0v) is 20.2. The Bertz CT molecular complexity index is 1140. The molecule has 0 radical (unpaired) electrons. The predicted octanol–water partition coefficient (Wildman–Crippen LogP) is 3.99. The van der Waals surface area contributed by atoms with Gasteiger partial charge in [-0.2, -0.15) is 0 Å². The van der Waals surface area contributed by atoms with Crippen molar-refractivity contribution in [3.8, 4) is 11.5 Å². The predicted molar refractivity (Wildman–Crippen MR) is 131 cm³/mol. The first-order chi connectivity index (χ1) is 17.0. The van der Waals surface area contributed by atoms with E-state index in [4.69, 9.17) is 9.47 Å². The summed E-state index contributed by atoms with van der Waals surface area (Å²) in [6.07, 6.45) is 5.49. The molecule has 6 heteroatoms. The molecule has 6 nitrogen and oxygen atoms in total. The van der Waals surface area contributed by atoms with E-state index in [1.807, 2.05) is 12.1 Å². The summed E-state index contributed by atoms with van der Waals surface area (Å²) in [5, 5.41) is 36.5. The Hall–Kier alpha value is -2.12. The number of aliphatic hydroxyl groups is 1. The first-order valence-corrected chi connectivity index (χ1v) is 13.4. The van der Waals surface area contributed by atoms with Crippen molar-refractivity contribution in [1.29, 1.82) is 0 Å². The maximum Gasteiger partial charge on any atom is 0.165 e. The maximum absolute atomic E-state index is 14.6. The lowest BCUT2D eigenvalue weighted by molar-refractivity contribution is -0.924. The number of aromatic hydroxyl groups is 1. The highest BCUT2D eigenvalue weighted by atomic mass is 16.6. The van der Waals surface area contributed by atoms with Crippen molar-refractivity contribution in [3.63, 3.8) is 0 Å². The number of ether oxygens (including phenoxy) is 2. The Labute approximate surface area is 206 Å². The number of nitrogens with zero attached hydrogens (tertiary/aromatic N) is 1. The molecule has 35 heavy (non-hydrogen) atoms. The van der Waals surface area contributed by atoms with Gasteiger partial charge in [0.15, 0.2) is 11.5 Å². The minimum absolute atomic E-state index is 0.127. The monoisotopic (exact) mass is 477 g/mol. The number of benzene rings is 2. The zero-order valence-electron chi connectivity index (χ0n) is 20.2. The molecule has 1 spiro atoms. The van der Waals surface area contributed by atoms with Gasteiger partial charge in [0.25, 0.3) is 0 Å². The molecule has 2 heterocycles. The van der Waals surface area contributed by atoms with Crippen molar-refractivity contribution in [3.05, 3.63) is 64.4 Å². The second-order valence-electron chi connectivity index (χ2n) is 11.7. The summed E-state index contributed by atoms with van der Waals surface area (Å²) < 4.78 is 13.2. The van der Waals surface area contributed by atoms with Crippen LogP contribution in [0.1, 0.15) is 55.2 Å². The van der Waals surface area contributed by atoms with Gasteiger partial charge in [0, 0.05) is 30.9 Å². The fourth-order valence-corrected chi connectivity index (χ4v) is 8.17. The number of hydrogen-bond donors (Lipinski definition) is 2. The molecule has 3 fully saturated rings. The Morgan fingerprint density at radius 2 is 1.91 bits per heavy atom. The van der Waals surface area contributed by atoms with E-state index in [-0.39, 0.29) is 16.4 Å². The Morgan fingerprint density at radius 3 is 2.71 bits per heavy atom. The molecule has 2 unspecified atom stereocenters. The van der Waals surface area contributed by atoms with Gasteiger partial charge < -0.3 is 29.5 Å². The van der Waals surface area contributed by atoms with Crippen LogP contribution in [-0.2, 0) is 23.0 Å². The Balaban J connectivity index is 1.30. The molecule has 2 N–H and O–H groups in total. The number of likely N-dealkylation sites (tertiary alicyclic amines) is 1. The van der Waals surface area contributed by atoms with Crippen LogP contribution in [0.2, 0.25) is 0 Å². The van der Waals surface area contributed by atoms with E-state index in [2.05, 4.69) is 24.3 Å². The van der Waals surface area contributed by atoms with Crippen LogP contribution in [0, 0.1) is 11.1 Å². The van der Waals surface area contributed by atoms with Gasteiger partial charge in [-0.1, -0.05) is 36.4 Å². The number of hydroxylamine groups is 3. The molecule has 2 aliphatic heterocycles. The topological polar surface area (TPSA) is 82.0 Å². The zero-order chi connectivity index (χ0) is 23.8. The SMILES string of the molecule is [O-][N+]1(CC2CC2)CC[C@]23c4c5ccc(O)c4O[C@H]2[C@@H](O)CCC3(OCCCc2ccccc2)[C@H]1C5. The third kappa shape index (κ3) is 3.03. The van der Waals surface area contributed by atoms with Crippen molar-refractivity contribution in [2.45, 2.75) is 80.6 Å². The van der Waals surface area contributed by atoms with Gasteiger partial charge >= 0.3 is 0 Å². The van der Waals surface area contributed by atoms with Gasteiger partial charge in [0.1, 0.15) is 17.7 Å². The minimum Gasteiger partial charge on any atom is -0.632 e. The molecule has 7 rings (SSSR count). The standard InChI is InChI=1S/C29H35NO5/c31-22-11-10-21-17-24-29(34-16-4-7-19-5-2-1-3-6-19)13-12-23(32)27-28(29,25(21)26(22)35-27)14-15-30(24,33)18-20-8-9-20/h1-3,5-6,10-11,20,23-24,27,31-32H,4,7-9,12-18H2/t23-,24+,27-,28-,29?,30?/m0/s1. The van der Waals surface area contributed by atoms with Gasteiger partial charge in [-0.05, 0) is 55.7 Å². The van der Waals surface area contributed by atoms with Crippen molar-refractivity contribution >= 4 is 0 Å². The van der Waals surface area contributed by atoms with E-state index in [1.165, 1.54) is 5.56 Å². The third-order valence-electron chi connectivity index (χ3n) is 9.80. The lowest BCUT2D eigenvalue weighted by Crippen LogP contribution is -2.81. The molecule has 186 valence electrons. The number of phenolic OH excluding ortho intramolecular Hbond substituents is 1. The van der Waals surface area contributed by atoms with Gasteiger partial charge in [0.2, 0.25) is 0 Å². The van der Waals surface area contributed by atoms with Crippen LogP contribution in [0.25, 0.3) is 0 Å². The fourth-order valence-electron chi connectivity index (χ4n) is 8.17. The molecular weight excluding hydrogens is 442 g/mol. The van der Waals surface area contributed by atoms with Crippen molar-refractivity contribution in [2.24, 2.45) is 5.92 Å². The van der Waals surface area contributed by atoms with Gasteiger partial charge in [-0.15, -0.1) is 0 Å². The molecule has 2 bridgehead atoms. The molecule has 2 aromatic rings. The van der Waals surface area contributed by atoms with E-state index in [1.54, 1.807) is 6.07 Å². The van der Waals surface area contributed by atoms with E-state index in [0.29, 0.717) is 57.0 Å². The second kappa shape index (κ2) is 7.69. The van der Waals surface area contributed by atoms with E-state index in [9.17, 15) is 15.4 Å². The van der Waals surface area contributed by atoms with Crippen LogP contribution >= 0.6 is 0 Å². The molecule has 0 aromatic heterocycles. The summed E-state index contributed by atoms with van der Waals surface area (Å²) in [7, 11) is 0. The summed E-state index contributed by atoms with van der Waals surface area (Å²) in [5.41, 5.74) is 2.13. The van der Waals surface area contributed by atoms with Crippen molar-refractivity contribution in [2.75, 3.05) is 19.7 Å². The van der Waals surface area contributed by atoms with Gasteiger partial charge in [0.05, 0.1) is 24.6 Å². The average molecular weight is 478 g/mol. The quantitative estimate of drug-likeness (QED) is 0.358. The van der Waals surface area contributed by atoms with E-state index >= 15 is 0 Å². The molecule has 5 aliphatic rings. The van der Waals surface area contributed by atoms with Crippen LogP contribution in [0.3, 0.4) is 0 Å². The van der Waals surface area contributed by atoms with E-state index < -0.39 is 23.2 Å². The summed E-state index contributed by atoms with van der Waals surface area (Å²) in [6.45, 7) is 1.77. The number of piperidine rings is 1. The Morgan fingerprint density at radius 1 is 1.09 bits per heavy atom. The number of aryl methyl sites for hydroxylation is 1. The largest absolute Gasteiger partial charge is 0.632 e. The summed E-state index contributed by atoms with van der Waals surface area (Å²) in [5.74, 6) is 1.16. The number of rotatable bonds is 7. The highest BCUT2D eigenvalue weighted by Gasteiger charge is 2.77. The average Bonchev–Trinajstić information content (AvgIpc) is 3.59. The Kier molecular flexibility index (Phi) is 4.86. The molecule has 1 saturated heterocycles. The smallest absolute Gasteiger partial charge is 0.165 e. The maximum atomic E-state index is 14.6. The third-order valence-corrected chi connectivity index (χ3v) is 9.80. The number of quaternary nitrogens is 1. The number of aliphatic hydroxyl groups excluding tert-OH is 1. The van der Waals surface area contributed by atoms with Crippen molar-refractivity contribution < 1.29 is 24.3 Å². The molecular formula is C29H35NO5. The van der Waals surface area contributed by atoms with Crippen LogP contribution in [0.4, 0.5) is 0 Å².